The third-order valence-electron chi connectivity index (χ3n) is 4.84. The number of hydrogen-bond donors (Lipinski definition) is 2. The summed E-state index contributed by atoms with van der Waals surface area (Å²) in [6.45, 7) is 9.31. The van der Waals surface area contributed by atoms with Crippen LogP contribution in [0.25, 0.3) is 0 Å². The summed E-state index contributed by atoms with van der Waals surface area (Å²) >= 11 is 0. The van der Waals surface area contributed by atoms with Crippen LogP contribution in [-0.4, -0.2) is 41.0 Å². The Morgan fingerprint density at radius 2 is 1.76 bits per heavy atom. The van der Waals surface area contributed by atoms with Gasteiger partial charge in [0.15, 0.2) is 0 Å². The number of likely N-dealkylation sites (tertiary alicyclic amines) is 1. The van der Waals surface area contributed by atoms with Crippen LogP contribution in [0.3, 0.4) is 0 Å². The molecule has 2 amide bonds. The fraction of sp³-hybridized carbons (Fsp3) is 0.600. The van der Waals surface area contributed by atoms with Crippen LogP contribution in [0.5, 0.6) is 0 Å². The lowest BCUT2D eigenvalue weighted by molar-refractivity contribution is -0.128. The molecule has 1 fully saturated rings. The quantitative estimate of drug-likeness (QED) is 0.880. The Bertz CT molecular complexity index is 594. The van der Waals surface area contributed by atoms with Gasteiger partial charge in [0.1, 0.15) is 0 Å². The van der Waals surface area contributed by atoms with E-state index in [1.165, 1.54) is 0 Å². The van der Waals surface area contributed by atoms with Gasteiger partial charge in [0.05, 0.1) is 6.10 Å². The molecule has 0 spiro atoms. The van der Waals surface area contributed by atoms with Crippen molar-refractivity contribution in [2.75, 3.05) is 13.1 Å². The van der Waals surface area contributed by atoms with E-state index in [4.69, 9.17) is 0 Å². The van der Waals surface area contributed by atoms with Gasteiger partial charge in [0, 0.05) is 30.6 Å². The van der Waals surface area contributed by atoms with Gasteiger partial charge in [-0.3, -0.25) is 9.59 Å². The number of amides is 2. The third kappa shape index (κ3) is 5.30. The second kappa shape index (κ2) is 8.00. The minimum absolute atomic E-state index is 0.00800. The van der Waals surface area contributed by atoms with Crippen LogP contribution in [0.2, 0.25) is 0 Å². The number of piperidine rings is 1. The normalized spacial score (nSPS) is 17.2. The lowest BCUT2D eigenvalue weighted by Gasteiger charge is -2.33. The monoisotopic (exact) mass is 346 g/mol. The number of benzene rings is 1. The van der Waals surface area contributed by atoms with E-state index in [0.29, 0.717) is 25.2 Å². The number of hydrogen-bond acceptors (Lipinski definition) is 3. The molecule has 2 N–H and O–H groups in total. The van der Waals surface area contributed by atoms with Crippen molar-refractivity contribution in [3.63, 3.8) is 0 Å². The van der Waals surface area contributed by atoms with Crippen molar-refractivity contribution in [1.29, 1.82) is 0 Å². The summed E-state index contributed by atoms with van der Waals surface area (Å²) in [5.41, 5.74) is 1.23. The highest BCUT2D eigenvalue weighted by atomic mass is 16.3. The first-order valence-electron chi connectivity index (χ1n) is 9.03. The van der Waals surface area contributed by atoms with Crippen molar-refractivity contribution in [1.82, 2.24) is 10.2 Å². The fourth-order valence-electron chi connectivity index (χ4n) is 2.98. The van der Waals surface area contributed by atoms with Gasteiger partial charge in [-0.15, -0.1) is 0 Å². The van der Waals surface area contributed by atoms with Gasteiger partial charge in [-0.05, 0) is 43.4 Å². The molecule has 1 saturated heterocycles. The molecule has 2 rings (SSSR count). The van der Waals surface area contributed by atoms with Crippen molar-refractivity contribution in [2.24, 2.45) is 11.3 Å². The van der Waals surface area contributed by atoms with E-state index in [1.54, 1.807) is 0 Å². The summed E-state index contributed by atoms with van der Waals surface area (Å²) in [5, 5.41) is 12.6. The highest BCUT2D eigenvalue weighted by molar-refractivity contribution is 5.94. The number of carbonyl (C=O) groups is 2. The first-order valence-corrected chi connectivity index (χ1v) is 9.03. The molecule has 1 heterocycles. The number of carbonyl (C=O) groups excluding carboxylic acids is 2. The van der Waals surface area contributed by atoms with Crippen LogP contribution in [0.1, 0.15) is 56.5 Å². The average Bonchev–Trinajstić information content (AvgIpc) is 2.58. The van der Waals surface area contributed by atoms with Gasteiger partial charge in [0.2, 0.25) is 5.91 Å². The van der Waals surface area contributed by atoms with Crippen molar-refractivity contribution in [3.8, 4) is 0 Å². The van der Waals surface area contributed by atoms with Crippen LogP contribution in [0, 0.1) is 11.3 Å². The highest BCUT2D eigenvalue weighted by Crippen LogP contribution is 2.22. The predicted molar refractivity (Wildman–Crippen MR) is 98.1 cm³/mol. The number of aliphatic hydroxyl groups excluding tert-OH is 1. The molecule has 1 atom stereocenters. The molecule has 138 valence electrons. The van der Waals surface area contributed by atoms with Crippen molar-refractivity contribution < 1.29 is 14.7 Å². The van der Waals surface area contributed by atoms with Gasteiger partial charge in [-0.2, -0.15) is 0 Å². The lowest BCUT2D eigenvalue weighted by Crippen LogP contribution is -2.40. The maximum atomic E-state index is 12.6. The van der Waals surface area contributed by atoms with Crippen LogP contribution in [-0.2, 0) is 11.3 Å². The second-order valence-corrected chi connectivity index (χ2v) is 8.00. The van der Waals surface area contributed by atoms with Crippen LogP contribution < -0.4 is 5.32 Å². The summed E-state index contributed by atoms with van der Waals surface area (Å²) < 4.78 is 0. The fourth-order valence-corrected chi connectivity index (χ4v) is 2.98. The molecule has 0 aliphatic carbocycles. The molecule has 0 saturated carbocycles. The Hall–Kier alpha value is -1.88. The zero-order valence-corrected chi connectivity index (χ0v) is 15.7. The Morgan fingerprint density at radius 3 is 2.24 bits per heavy atom. The zero-order chi connectivity index (χ0) is 18.6. The molecular weight excluding hydrogens is 316 g/mol. The molecule has 0 radical (unpaired) electrons. The SMILES string of the molecule is CC(O)C1CCN(C(=O)c2ccc(CNC(=O)C(C)(C)C)cc2)CC1. The molecule has 0 aromatic heterocycles. The number of nitrogens with zero attached hydrogens (tertiary/aromatic N) is 1. The first kappa shape index (κ1) is 19.4. The Morgan fingerprint density at radius 1 is 1.20 bits per heavy atom. The van der Waals surface area contributed by atoms with Crippen LogP contribution in [0.15, 0.2) is 24.3 Å². The first-order chi connectivity index (χ1) is 11.7. The summed E-state index contributed by atoms with van der Waals surface area (Å²) in [7, 11) is 0. The van der Waals surface area contributed by atoms with Crippen molar-refractivity contribution in [3.05, 3.63) is 35.4 Å². The summed E-state index contributed by atoms with van der Waals surface area (Å²) in [5.74, 6) is 0.334. The minimum atomic E-state index is -0.409. The van der Waals surface area contributed by atoms with Crippen molar-refractivity contribution >= 4 is 11.8 Å². The third-order valence-corrected chi connectivity index (χ3v) is 4.84. The molecule has 1 aliphatic heterocycles. The van der Waals surface area contributed by atoms with Gasteiger partial charge >= 0.3 is 0 Å². The lowest BCUT2D eigenvalue weighted by atomic mass is 9.92. The minimum Gasteiger partial charge on any atom is -0.393 e. The largest absolute Gasteiger partial charge is 0.393 e. The summed E-state index contributed by atoms with van der Waals surface area (Å²) in [6, 6.07) is 7.42. The molecule has 0 bridgehead atoms. The smallest absolute Gasteiger partial charge is 0.253 e. The summed E-state index contributed by atoms with van der Waals surface area (Å²) in [4.78, 5) is 26.3. The molecule has 1 aliphatic rings. The Labute approximate surface area is 150 Å². The van der Waals surface area contributed by atoms with Gasteiger partial charge < -0.3 is 15.3 Å². The van der Waals surface area contributed by atoms with E-state index in [9.17, 15) is 14.7 Å². The van der Waals surface area contributed by atoms with E-state index in [1.807, 2.05) is 56.9 Å². The summed E-state index contributed by atoms with van der Waals surface area (Å²) in [6.07, 6.45) is 1.39. The second-order valence-electron chi connectivity index (χ2n) is 8.00. The molecule has 1 aromatic rings. The standard InChI is InChI=1S/C20H30N2O3/c1-14(23)16-9-11-22(12-10-16)18(24)17-7-5-15(6-8-17)13-21-19(25)20(2,3)4/h5-8,14,16,23H,9-13H2,1-4H3,(H,21,25). The maximum Gasteiger partial charge on any atom is 0.253 e. The van der Waals surface area contributed by atoms with E-state index >= 15 is 0 Å². The molecule has 1 aromatic carbocycles. The van der Waals surface area contributed by atoms with Gasteiger partial charge in [-0.1, -0.05) is 32.9 Å². The van der Waals surface area contributed by atoms with Crippen molar-refractivity contribution in [2.45, 2.75) is 53.2 Å². The van der Waals surface area contributed by atoms with E-state index < -0.39 is 5.41 Å². The molecule has 5 nitrogen and oxygen atoms in total. The highest BCUT2D eigenvalue weighted by Gasteiger charge is 2.26. The van der Waals surface area contributed by atoms with Gasteiger partial charge in [0.25, 0.3) is 5.91 Å². The predicted octanol–water partition coefficient (Wildman–Crippen LogP) is 2.58. The molecule has 25 heavy (non-hydrogen) atoms. The molecule has 1 unspecified atom stereocenters. The topological polar surface area (TPSA) is 69.6 Å². The average molecular weight is 346 g/mol. The van der Waals surface area contributed by atoms with E-state index in [2.05, 4.69) is 5.32 Å². The Kier molecular flexibility index (Phi) is 6.22. The number of aliphatic hydroxyl groups is 1. The molecule has 5 heteroatoms. The zero-order valence-electron chi connectivity index (χ0n) is 15.7. The number of nitrogens with one attached hydrogen (secondary N) is 1. The maximum absolute atomic E-state index is 12.6. The van der Waals surface area contributed by atoms with E-state index in [0.717, 1.165) is 18.4 Å². The number of rotatable bonds is 4. The molecular formula is C20H30N2O3. The Balaban J connectivity index is 1.89. The van der Waals surface area contributed by atoms with Crippen LogP contribution >= 0.6 is 0 Å². The van der Waals surface area contributed by atoms with E-state index in [-0.39, 0.29) is 23.8 Å². The van der Waals surface area contributed by atoms with Crippen LogP contribution in [0.4, 0.5) is 0 Å². The van der Waals surface area contributed by atoms with Gasteiger partial charge in [-0.25, -0.2) is 0 Å².